The summed E-state index contributed by atoms with van der Waals surface area (Å²) < 4.78 is 5.65. The third-order valence-electron chi connectivity index (χ3n) is 7.71. The molecule has 0 bridgehead atoms. The zero-order chi connectivity index (χ0) is 25.0. The molecule has 2 atom stereocenters. The SMILES string of the molecule is CC(NC(=O)C1(CNC(=O)OCC2c3ccccc3-c3ccccc32)CCCCC1)C(C)C(=O)O. The molecule has 0 radical (unpaired) electrons. The molecular weight excluding hydrogens is 444 g/mol. The van der Waals surface area contributed by atoms with E-state index in [2.05, 4.69) is 34.9 Å². The van der Waals surface area contributed by atoms with E-state index in [0.717, 1.165) is 30.4 Å². The van der Waals surface area contributed by atoms with Crippen molar-refractivity contribution in [3.8, 4) is 11.1 Å². The number of carbonyl (C=O) groups is 3. The summed E-state index contributed by atoms with van der Waals surface area (Å²) >= 11 is 0. The smallest absolute Gasteiger partial charge is 0.407 e. The summed E-state index contributed by atoms with van der Waals surface area (Å²) in [6.45, 7) is 3.66. The molecule has 7 heteroatoms. The first kappa shape index (κ1) is 24.8. The van der Waals surface area contributed by atoms with Crippen LogP contribution in [0.5, 0.6) is 0 Å². The van der Waals surface area contributed by atoms with Crippen LogP contribution in [0, 0.1) is 11.3 Å². The highest BCUT2D eigenvalue weighted by Gasteiger charge is 2.41. The monoisotopic (exact) mass is 478 g/mol. The summed E-state index contributed by atoms with van der Waals surface area (Å²) in [5.74, 6) is -1.88. The number of nitrogens with one attached hydrogen (secondary N) is 2. The Kier molecular flexibility index (Phi) is 7.43. The number of carboxylic acid groups (broad SMARTS) is 1. The third-order valence-corrected chi connectivity index (χ3v) is 7.71. The van der Waals surface area contributed by atoms with Crippen LogP contribution in [-0.4, -0.2) is 42.3 Å². The molecule has 0 aromatic heterocycles. The molecule has 2 aromatic carbocycles. The minimum absolute atomic E-state index is 0.0292. The highest BCUT2D eigenvalue weighted by Crippen LogP contribution is 2.44. The van der Waals surface area contributed by atoms with Gasteiger partial charge in [-0.05, 0) is 48.9 Å². The maximum absolute atomic E-state index is 13.2. The molecule has 0 saturated heterocycles. The second-order valence-electron chi connectivity index (χ2n) is 9.91. The standard InChI is InChI=1S/C28H34N2O5/c1-18(25(31)32)19(2)30-26(33)28(14-8-3-9-15-28)17-29-27(34)35-16-24-22-12-6-4-10-20(22)21-11-5-7-13-23(21)24/h4-7,10-13,18-19,24H,3,8-9,14-17H2,1-2H3,(H,29,34)(H,30,33)(H,31,32). The topological polar surface area (TPSA) is 105 Å². The van der Waals surface area contributed by atoms with Crippen molar-refractivity contribution in [3.63, 3.8) is 0 Å². The van der Waals surface area contributed by atoms with E-state index in [4.69, 9.17) is 4.74 Å². The van der Waals surface area contributed by atoms with E-state index in [1.54, 1.807) is 13.8 Å². The summed E-state index contributed by atoms with van der Waals surface area (Å²) in [5.41, 5.74) is 3.87. The van der Waals surface area contributed by atoms with Crippen molar-refractivity contribution in [1.29, 1.82) is 0 Å². The summed E-state index contributed by atoms with van der Waals surface area (Å²) in [7, 11) is 0. The Labute approximate surface area is 206 Å². The van der Waals surface area contributed by atoms with Crippen molar-refractivity contribution < 1.29 is 24.2 Å². The van der Waals surface area contributed by atoms with Gasteiger partial charge < -0.3 is 20.5 Å². The van der Waals surface area contributed by atoms with Gasteiger partial charge in [0, 0.05) is 18.5 Å². The number of hydrogen-bond donors (Lipinski definition) is 3. The van der Waals surface area contributed by atoms with E-state index in [-0.39, 0.29) is 25.0 Å². The van der Waals surface area contributed by atoms with Crippen LogP contribution in [0.2, 0.25) is 0 Å². The summed E-state index contributed by atoms with van der Waals surface area (Å²) in [4.78, 5) is 37.2. The van der Waals surface area contributed by atoms with E-state index < -0.39 is 29.4 Å². The first-order chi connectivity index (χ1) is 16.8. The van der Waals surface area contributed by atoms with Crippen LogP contribution in [0.15, 0.2) is 48.5 Å². The summed E-state index contributed by atoms with van der Waals surface area (Å²) in [6, 6.07) is 15.8. The normalized spacial score (nSPS) is 18.0. The number of ether oxygens (including phenoxy) is 1. The highest BCUT2D eigenvalue weighted by atomic mass is 16.5. The molecular formula is C28H34N2O5. The first-order valence-electron chi connectivity index (χ1n) is 12.4. The number of amides is 2. The fourth-order valence-electron chi connectivity index (χ4n) is 5.30. The average Bonchev–Trinajstić information content (AvgIpc) is 3.19. The van der Waals surface area contributed by atoms with E-state index in [1.165, 1.54) is 11.1 Å². The number of aliphatic carboxylic acids is 1. The fourth-order valence-corrected chi connectivity index (χ4v) is 5.30. The lowest BCUT2D eigenvalue weighted by Crippen LogP contribution is -2.53. The van der Waals surface area contributed by atoms with Crippen molar-refractivity contribution in [3.05, 3.63) is 59.7 Å². The lowest BCUT2D eigenvalue weighted by atomic mass is 9.73. The second-order valence-corrected chi connectivity index (χ2v) is 9.91. The number of alkyl carbamates (subject to hydrolysis) is 1. The zero-order valence-corrected chi connectivity index (χ0v) is 20.4. The van der Waals surface area contributed by atoms with Gasteiger partial charge in [-0.25, -0.2) is 4.79 Å². The number of rotatable bonds is 8. The number of fused-ring (bicyclic) bond motifs is 3. The molecule has 35 heavy (non-hydrogen) atoms. The highest BCUT2D eigenvalue weighted by molar-refractivity contribution is 5.85. The van der Waals surface area contributed by atoms with Gasteiger partial charge in [-0.15, -0.1) is 0 Å². The van der Waals surface area contributed by atoms with E-state index in [9.17, 15) is 19.5 Å². The molecule has 7 nitrogen and oxygen atoms in total. The Hall–Kier alpha value is -3.35. The van der Waals surface area contributed by atoms with Gasteiger partial charge in [0.25, 0.3) is 0 Å². The fraction of sp³-hybridized carbons (Fsp3) is 0.464. The molecule has 1 fully saturated rings. The molecule has 2 unspecified atom stereocenters. The minimum atomic E-state index is -0.952. The predicted molar refractivity (Wildman–Crippen MR) is 133 cm³/mol. The average molecular weight is 479 g/mol. The van der Waals surface area contributed by atoms with Crippen LogP contribution in [0.3, 0.4) is 0 Å². The summed E-state index contributed by atoms with van der Waals surface area (Å²) in [5, 5.41) is 15.0. The van der Waals surface area contributed by atoms with Gasteiger partial charge in [0.15, 0.2) is 0 Å². The van der Waals surface area contributed by atoms with Crippen molar-refractivity contribution in [2.24, 2.45) is 11.3 Å². The quantitative estimate of drug-likeness (QED) is 0.510. The van der Waals surface area contributed by atoms with Crippen LogP contribution in [0.4, 0.5) is 4.79 Å². The molecule has 3 N–H and O–H groups in total. The first-order valence-corrected chi connectivity index (χ1v) is 12.4. The summed E-state index contributed by atoms with van der Waals surface area (Å²) in [6.07, 6.45) is 3.58. The Morgan fingerprint density at radius 3 is 2.11 bits per heavy atom. The zero-order valence-electron chi connectivity index (χ0n) is 20.4. The van der Waals surface area contributed by atoms with Crippen molar-refractivity contribution in [1.82, 2.24) is 10.6 Å². The third kappa shape index (κ3) is 5.19. The molecule has 2 amide bonds. The largest absolute Gasteiger partial charge is 0.481 e. The van der Waals surface area contributed by atoms with Gasteiger partial charge in [0.2, 0.25) is 5.91 Å². The predicted octanol–water partition coefficient (Wildman–Crippen LogP) is 4.70. The molecule has 0 spiro atoms. The van der Waals surface area contributed by atoms with Crippen LogP contribution in [0.25, 0.3) is 11.1 Å². The van der Waals surface area contributed by atoms with Gasteiger partial charge >= 0.3 is 12.1 Å². The number of carboxylic acids is 1. The molecule has 186 valence electrons. The van der Waals surface area contributed by atoms with E-state index >= 15 is 0 Å². The molecule has 0 aliphatic heterocycles. The van der Waals surface area contributed by atoms with Gasteiger partial charge in [-0.1, -0.05) is 67.8 Å². The Morgan fingerprint density at radius 1 is 0.971 bits per heavy atom. The van der Waals surface area contributed by atoms with Crippen LogP contribution < -0.4 is 10.6 Å². The molecule has 4 rings (SSSR count). The molecule has 0 heterocycles. The van der Waals surface area contributed by atoms with Gasteiger partial charge in [0.05, 0.1) is 11.3 Å². The van der Waals surface area contributed by atoms with Gasteiger partial charge in [-0.3, -0.25) is 9.59 Å². The molecule has 2 aromatic rings. The second kappa shape index (κ2) is 10.5. The molecule has 2 aliphatic carbocycles. The number of benzene rings is 2. The van der Waals surface area contributed by atoms with Crippen molar-refractivity contribution in [2.75, 3.05) is 13.2 Å². The van der Waals surface area contributed by atoms with E-state index in [1.807, 2.05) is 24.3 Å². The maximum atomic E-state index is 13.2. The Balaban J connectivity index is 1.38. The van der Waals surface area contributed by atoms with Gasteiger partial charge in [0.1, 0.15) is 6.61 Å². The van der Waals surface area contributed by atoms with Crippen LogP contribution in [-0.2, 0) is 14.3 Å². The molecule has 2 aliphatic rings. The Bertz CT molecular complexity index is 1050. The van der Waals surface area contributed by atoms with Crippen LogP contribution >= 0.6 is 0 Å². The van der Waals surface area contributed by atoms with Crippen LogP contribution in [0.1, 0.15) is 63.0 Å². The Morgan fingerprint density at radius 2 is 1.54 bits per heavy atom. The number of hydrogen-bond acceptors (Lipinski definition) is 4. The van der Waals surface area contributed by atoms with Crippen molar-refractivity contribution >= 4 is 18.0 Å². The number of carbonyl (C=O) groups excluding carboxylic acids is 2. The molecule has 1 saturated carbocycles. The maximum Gasteiger partial charge on any atom is 0.407 e. The van der Waals surface area contributed by atoms with Crippen molar-refractivity contribution in [2.45, 2.75) is 57.9 Å². The van der Waals surface area contributed by atoms with Gasteiger partial charge in [-0.2, -0.15) is 0 Å². The lowest BCUT2D eigenvalue weighted by Gasteiger charge is -2.37. The minimum Gasteiger partial charge on any atom is -0.481 e. The van der Waals surface area contributed by atoms with E-state index in [0.29, 0.717) is 12.8 Å². The lowest BCUT2D eigenvalue weighted by molar-refractivity contribution is -0.142.